The maximum Gasteiger partial charge on any atom is 0.218 e. The predicted octanol–water partition coefficient (Wildman–Crippen LogP) is 2.02. The van der Waals surface area contributed by atoms with E-state index in [0.717, 1.165) is 11.1 Å². The highest BCUT2D eigenvalue weighted by Gasteiger charge is 2.31. The van der Waals surface area contributed by atoms with E-state index in [0.29, 0.717) is 31.0 Å². The molecule has 0 radical (unpaired) electrons. The maximum atomic E-state index is 12.4. The van der Waals surface area contributed by atoms with E-state index >= 15 is 0 Å². The zero-order valence-corrected chi connectivity index (χ0v) is 14.0. The summed E-state index contributed by atoms with van der Waals surface area (Å²) in [6, 6.07) is 3.77. The van der Waals surface area contributed by atoms with Crippen LogP contribution in [0.4, 0.5) is 0 Å². The van der Waals surface area contributed by atoms with Crippen molar-refractivity contribution in [2.45, 2.75) is 25.1 Å². The Morgan fingerprint density at radius 3 is 2.33 bits per heavy atom. The van der Waals surface area contributed by atoms with Gasteiger partial charge in [-0.1, -0.05) is 0 Å². The van der Waals surface area contributed by atoms with Crippen LogP contribution in [0.3, 0.4) is 0 Å². The summed E-state index contributed by atoms with van der Waals surface area (Å²) >= 11 is 5.70. The summed E-state index contributed by atoms with van der Waals surface area (Å²) in [6.07, 6.45) is 0.657. The van der Waals surface area contributed by atoms with E-state index in [1.807, 2.05) is 12.1 Å². The Morgan fingerprint density at radius 2 is 1.81 bits per heavy atom. The zero-order valence-electron chi connectivity index (χ0n) is 12.4. The Kier molecular flexibility index (Phi) is 5.01. The van der Waals surface area contributed by atoms with Crippen LogP contribution in [0.15, 0.2) is 12.1 Å². The van der Waals surface area contributed by atoms with Crippen LogP contribution in [0.5, 0.6) is 11.5 Å². The Bertz CT molecular complexity index is 618. The first-order chi connectivity index (χ1) is 9.93. The van der Waals surface area contributed by atoms with Crippen LogP contribution < -0.4 is 9.47 Å². The van der Waals surface area contributed by atoms with Crippen molar-refractivity contribution in [1.29, 1.82) is 0 Å². The van der Waals surface area contributed by atoms with Gasteiger partial charge in [-0.2, -0.15) is 4.31 Å². The van der Waals surface area contributed by atoms with E-state index in [-0.39, 0.29) is 5.88 Å². The molecule has 0 amide bonds. The highest BCUT2D eigenvalue weighted by atomic mass is 35.5. The van der Waals surface area contributed by atoms with Crippen LogP contribution in [0, 0.1) is 0 Å². The van der Waals surface area contributed by atoms with E-state index in [1.165, 1.54) is 4.31 Å². The molecule has 1 aliphatic heterocycles. The van der Waals surface area contributed by atoms with Gasteiger partial charge in [-0.05, 0) is 36.6 Å². The van der Waals surface area contributed by atoms with Crippen molar-refractivity contribution in [2.75, 3.05) is 26.6 Å². The first kappa shape index (κ1) is 16.4. The third-order valence-corrected chi connectivity index (χ3v) is 6.63. The fourth-order valence-electron chi connectivity index (χ4n) is 2.41. The second kappa shape index (κ2) is 6.42. The number of rotatable bonds is 5. The highest BCUT2D eigenvalue weighted by Crippen LogP contribution is 2.34. The molecule has 1 unspecified atom stereocenters. The molecule has 7 heteroatoms. The summed E-state index contributed by atoms with van der Waals surface area (Å²) in [7, 11) is -0.205. The largest absolute Gasteiger partial charge is 0.493 e. The summed E-state index contributed by atoms with van der Waals surface area (Å²) in [5.41, 5.74) is 2.04. The van der Waals surface area contributed by atoms with E-state index in [1.54, 1.807) is 21.1 Å². The molecule has 21 heavy (non-hydrogen) atoms. The number of nitrogens with zero attached hydrogens (tertiary/aromatic N) is 1. The van der Waals surface area contributed by atoms with Gasteiger partial charge in [0.2, 0.25) is 10.0 Å². The average Bonchev–Trinajstić information content (AvgIpc) is 2.51. The van der Waals surface area contributed by atoms with Crippen molar-refractivity contribution in [1.82, 2.24) is 4.31 Å². The minimum absolute atomic E-state index is 0.0949. The molecule has 0 spiro atoms. The number of sulfonamides is 1. The lowest BCUT2D eigenvalue weighted by molar-refractivity contribution is 0.348. The second-order valence-corrected chi connectivity index (χ2v) is 7.73. The van der Waals surface area contributed by atoms with Crippen LogP contribution in [0.25, 0.3) is 0 Å². The lowest BCUT2D eigenvalue weighted by Crippen LogP contribution is -2.41. The topological polar surface area (TPSA) is 55.8 Å². The Morgan fingerprint density at radius 1 is 1.24 bits per heavy atom. The Balaban J connectivity index is 2.32. The molecule has 2 rings (SSSR count). The van der Waals surface area contributed by atoms with Gasteiger partial charge in [-0.15, -0.1) is 11.6 Å². The predicted molar refractivity (Wildman–Crippen MR) is 82.8 cm³/mol. The molecule has 0 bridgehead atoms. The summed E-state index contributed by atoms with van der Waals surface area (Å²) in [5.74, 6) is 1.38. The van der Waals surface area contributed by atoms with Crippen molar-refractivity contribution in [2.24, 2.45) is 0 Å². The molecule has 1 atom stereocenters. The molecule has 0 aliphatic carbocycles. The molecule has 0 N–H and O–H groups in total. The van der Waals surface area contributed by atoms with Crippen LogP contribution in [0.1, 0.15) is 18.1 Å². The van der Waals surface area contributed by atoms with Crippen LogP contribution in [-0.2, 0) is 23.0 Å². The summed E-state index contributed by atoms with van der Waals surface area (Å²) < 4.78 is 36.8. The lowest BCUT2D eigenvalue weighted by Gasteiger charge is -2.30. The number of alkyl halides is 1. The monoisotopic (exact) mass is 333 g/mol. The average molecular weight is 334 g/mol. The molecule has 0 saturated heterocycles. The molecule has 1 aliphatic rings. The summed E-state index contributed by atoms with van der Waals surface area (Å²) in [5, 5.41) is -0.583. The number of benzene rings is 1. The number of fused-ring (bicyclic) bond motifs is 1. The van der Waals surface area contributed by atoms with E-state index in [9.17, 15) is 8.42 Å². The van der Waals surface area contributed by atoms with Gasteiger partial charge in [0.15, 0.2) is 11.5 Å². The number of halogens is 1. The van der Waals surface area contributed by atoms with Crippen molar-refractivity contribution in [3.8, 4) is 11.5 Å². The summed E-state index contributed by atoms with van der Waals surface area (Å²) in [4.78, 5) is 0. The van der Waals surface area contributed by atoms with Gasteiger partial charge in [-0.3, -0.25) is 0 Å². The van der Waals surface area contributed by atoms with Crippen molar-refractivity contribution in [3.05, 3.63) is 23.3 Å². The SMILES string of the molecule is COc1cc2c(cc1OC)CN(S(=O)(=O)C(C)CCl)CC2. The van der Waals surface area contributed by atoms with Gasteiger partial charge in [0.05, 0.1) is 19.5 Å². The minimum atomic E-state index is -3.36. The van der Waals surface area contributed by atoms with Crippen LogP contribution in [0.2, 0.25) is 0 Å². The number of hydrogen-bond acceptors (Lipinski definition) is 4. The van der Waals surface area contributed by atoms with Crippen molar-refractivity contribution < 1.29 is 17.9 Å². The number of ether oxygens (including phenoxy) is 2. The number of hydrogen-bond donors (Lipinski definition) is 0. The van der Waals surface area contributed by atoms with Gasteiger partial charge in [0.1, 0.15) is 0 Å². The molecule has 0 aromatic heterocycles. The van der Waals surface area contributed by atoms with Gasteiger partial charge in [-0.25, -0.2) is 8.42 Å². The quantitative estimate of drug-likeness (QED) is 0.774. The van der Waals surface area contributed by atoms with E-state index in [4.69, 9.17) is 21.1 Å². The summed E-state index contributed by atoms with van der Waals surface area (Å²) in [6.45, 7) is 2.44. The molecule has 5 nitrogen and oxygen atoms in total. The van der Waals surface area contributed by atoms with Crippen molar-refractivity contribution in [3.63, 3.8) is 0 Å². The third kappa shape index (κ3) is 3.12. The van der Waals surface area contributed by atoms with E-state index in [2.05, 4.69) is 0 Å². The fraction of sp³-hybridized carbons (Fsp3) is 0.571. The molecule has 0 saturated carbocycles. The minimum Gasteiger partial charge on any atom is -0.493 e. The smallest absolute Gasteiger partial charge is 0.218 e. The zero-order chi connectivity index (χ0) is 15.6. The Hall–Kier alpha value is -0.980. The standard InChI is InChI=1S/C14H20ClNO4S/c1-10(8-15)21(17,18)16-5-4-11-6-13(19-2)14(20-3)7-12(11)9-16/h6-7,10H,4-5,8-9H2,1-3H3. The van der Waals surface area contributed by atoms with Gasteiger partial charge >= 0.3 is 0 Å². The van der Waals surface area contributed by atoms with Crippen LogP contribution >= 0.6 is 11.6 Å². The fourth-order valence-corrected chi connectivity index (χ4v) is 4.22. The first-order valence-electron chi connectivity index (χ1n) is 6.72. The van der Waals surface area contributed by atoms with Gasteiger partial charge in [0.25, 0.3) is 0 Å². The maximum absolute atomic E-state index is 12.4. The molecule has 118 valence electrons. The molecule has 0 fully saturated rings. The van der Waals surface area contributed by atoms with Gasteiger partial charge < -0.3 is 9.47 Å². The Labute approximate surface area is 130 Å². The molecule has 1 aromatic carbocycles. The molecule has 1 heterocycles. The first-order valence-corrected chi connectivity index (χ1v) is 8.76. The molecule has 1 aromatic rings. The van der Waals surface area contributed by atoms with Crippen LogP contribution in [-0.4, -0.2) is 44.6 Å². The van der Waals surface area contributed by atoms with Crippen molar-refractivity contribution >= 4 is 21.6 Å². The van der Waals surface area contributed by atoms with E-state index < -0.39 is 15.3 Å². The highest BCUT2D eigenvalue weighted by molar-refractivity contribution is 7.89. The molecular formula is C14H20ClNO4S. The normalized spacial score (nSPS) is 17.1. The lowest BCUT2D eigenvalue weighted by atomic mass is 10.0. The third-order valence-electron chi connectivity index (χ3n) is 3.77. The second-order valence-electron chi connectivity index (χ2n) is 5.07. The van der Waals surface area contributed by atoms with Gasteiger partial charge in [0, 0.05) is 19.0 Å². The number of methoxy groups -OCH3 is 2. The molecular weight excluding hydrogens is 314 g/mol.